The third-order valence-electron chi connectivity index (χ3n) is 3.06. The molecule has 2 aromatic rings. The normalized spacial score (nSPS) is 13.8. The molecule has 0 amide bonds. The lowest BCUT2D eigenvalue weighted by molar-refractivity contribution is 0.857. The smallest absolute Gasteiger partial charge is 0.129 e. The van der Waals surface area contributed by atoms with Crippen LogP contribution in [0, 0.1) is 0 Å². The molecule has 2 heterocycles. The van der Waals surface area contributed by atoms with Gasteiger partial charge in [0.1, 0.15) is 5.82 Å². The monoisotopic (exact) mass is 245 g/mol. The molecule has 17 heavy (non-hydrogen) atoms. The number of hydrogen-bond donors (Lipinski definition) is 1. The van der Waals surface area contributed by atoms with Gasteiger partial charge in [-0.05, 0) is 29.3 Å². The fourth-order valence-corrected chi connectivity index (χ4v) is 2.28. The van der Waals surface area contributed by atoms with Crippen LogP contribution >= 0.6 is 11.6 Å². The molecule has 3 nitrogen and oxygen atoms in total. The van der Waals surface area contributed by atoms with Gasteiger partial charge >= 0.3 is 0 Å². The Kier molecular flexibility index (Phi) is 2.41. The zero-order valence-corrected chi connectivity index (χ0v) is 9.98. The van der Waals surface area contributed by atoms with Crippen molar-refractivity contribution in [2.24, 2.45) is 0 Å². The van der Waals surface area contributed by atoms with E-state index in [1.54, 1.807) is 6.20 Å². The summed E-state index contributed by atoms with van der Waals surface area (Å²) in [5.41, 5.74) is 9.32. The number of benzene rings is 1. The van der Waals surface area contributed by atoms with Gasteiger partial charge in [-0.1, -0.05) is 23.7 Å². The van der Waals surface area contributed by atoms with Crippen LogP contribution in [-0.2, 0) is 13.1 Å². The lowest BCUT2D eigenvalue weighted by atomic mass is 10.1. The molecule has 0 saturated heterocycles. The number of pyridine rings is 1. The van der Waals surface area contributed by atoms with Crippen LogP contribution in [0.1, 0.15) is 11.1 Å². The Balaban J connectivity index is 1.91. The van der Waals surface area contributed by atoms with Gasteiger partial charge in [0.25, 0.3) is 0 Å². The zero-order chi connectivity index (χ0) is 11.8. The van der Waals surface area contributed by atoms with Crippen LogP contribution < -0.4 is 10.6 Å². The number of hydrogen-bond acceptors (Lipinski definition) is 3. The molecule has 1 aliphatic rings. The Labute approximate surface area is 105 Å². The van der Waals surface area contributed by atoms with E-state index < -0.39 is 0 Å². The minimum Gasteiger partial charge on any atom is -0.398 e. The van der Waals surface area contributed by atoms with Crippen LogP contribution in [-0.4, -0.2) is 4.98 Å². The largest absolute Gasteiger partial charge is 0.398 e. The Hall–Kier alpha value is -1.74. The minimum absolute atomic E-state index is 0.657. The van der Waals surface area contributed by atoms with Gasteiger partial charge in [0.15, 0.2) is 0 Å². The van der Waals surface area contributed by atoms with Crippen molar-refractivity contribution < 1.29 is 0 Å². The summed E-state index contributed by atoms with van der Waals surface area (Å²) in [6, 6.07) is 9.84. The highest BCUT2D eigenvalue weighted by atomic mass is 35.5. The van der Waals surface area contributed by atoms with E-state index in [0.29, 0.717) is 5.02 Å². The summed E-state index contributed by atoms with van der Waals surface area (Å²) in [5, 5.41) is 0.657. The fourth-order valence-electron chi connectivity index (χ4n) is 2.16. The van der Waals surface area contributed by atoms with Crippen LogP contribution in [0.15, 0.2) is 36.5 Å². The highest BCUT2D eigenvalue weighted by Crippen LogP contribution is 2.30. The molecule has 0 spiro atoms. The molecule has 4 heteroatoms. The Morgan fingerprint density at radius 3 is 2.76 bits per heavy atom. The van der Waals surface area contributed by atoms with Crippen molar-refractivity contribution >= 4 is 23.1 Å². The summed E-state index contributed by atoms with van der Waals surface area (Å²) in [4.78, 5) is 6.52. The van der Waals surface area contributed by atoms with Gasteiger partial charge in [-0.2, -0.15) is 0 Å². The minimum atomic E-state index is 0.657. The molecule has 0 radical (unpaired) electrons. The second-order valence-electron chi connectivity index (χ2n) is 4.18. The summed E-state index contributed by atoms with van der Waals surface area (Å²) in [6.45, 7) is 1.67. The van der Waals surface area contributed by atoms with Crippen LogP contribution in [0.25, 0.3) is 0 Å². The number of anilines is 2. The molecule has 3 rings (SSSR count). The molecule has 86 valence electrons. The van der Waals surface area contributed by atoms with E-state index in [9.17, 15) is 0 Å². The van der Waals surface area contributed by atoms with Gasteiger partial charge in [-0.3, -0.25) is 0 Å². The van der Waals surface area contributed by atoms with Crippen LogP contribution in [0.4, 0.5) is 11.5 Å². The first kappa shape index (κ1) is 10.4. The summed E-state index contributed by atoms with van der Waals surface area (Å²) >= 11 is 5.83. The van der Waals surface area contributed by atoms with Crippen LogP contribution in [0.3, 0.4) is 0 Å². The second-order valence-corrected chi connectivity index (χ2v) is 4.61. The average Bonchev–Trinajstić information content (AvgIpc) is 2.75. The number of aromatic nitrogens is 1. The zero-order valence-electron chi connectivity index (χ0n) is 9.23. The van der Waals surface area contributed by atoms with E-state index >= 15 is 0 Å². The molecule has 1 aromatic carbocycles. The molecular formula is C13H12ClN3. The lowest BCUT2D eigenvalue weighted by Gasteiger charge is -2.16. The molecule has 0 bridgehead atoms. The average molecular weight is 246 g/mol. The first-order valence-corrected chi connectivity index (χ1v) is 5.84. The van der Waals surface area contributed by atoms with E-state index in [2.05, 4.69) is 16.0 Å². The van der Waals surface area contributed by atoms with E-state index in [-0.39, 0.29) is 0 Å². The van der Waals surface area contributed by atoms with Crippen molar-refractivity contribution in [3.8, 4) is 0 Å². The summed E-state index contributed by atoms with van der Waals surface area (Å²) in [6.07, 6.45) is 1.67. The highest BCUT2D eigenvalue weighted by molar-refractivity contribution is 6.30. The number of halogens is 1. The maximum Gasteiger partial charge on any atom is 0.129 e. The number of nitrogens with zero attached hydrogens (tertiary/aromatic N) is 2. The van der Waals surface area contributed by atoms with Crippen molar-refractivity contribution in [2.75, 3.05) is 10.6 Å². The molecule has 1 aliphatic heterocycles. The van der Waals surface area contributed by atoms with Gasteiger partial charge in [0, 0.05) is 25.0 Å². The number of rotatable bonds is 1. The van der Waals surface area contributed by atoms with Gasteiger partial charge in [0.2, 0.25) is 0 Å². The van der Waals surface area contributed by atoms with Gasteiger partial charge in [0.05, 0.1) is 5.02 Å². The standard InChI is InChI=1S/C13H12ClN3/c14-10-4-5-13(16-6-10)17-7-9-2-1-3-12(15)11(9)8-17/h1-6H,7-8,15H2. The molecule has 0 aliphatic carbocycles. The van der Waals surface area contributed by atoms with Crippen molar-refractivity contribution in [3.63, 3.8) is 0 Å². The highest BCUT2D eigenvalue weighted by Gasteiger charge is 2.21. The topological polar surface area (TPSA) is 42.1 Å². The fraction of sp³-hybridized carbons (Fsp3) is 0.154. The molecule has 0 saturated carbocycles. The van der Waals surface area contributed by atoms with Gasteiger partial charge < -0.3 is 10.6 Å². The summed E-state index contributed by atoms with van der Waals surface area (Å²) < 4.78 is 0. The predicted molar refractivity (Wildman–Crippen MR) is 70.0 cm³/mol. The SMILES string of the molecule is Nc1cccc2c1CN(c1ccc(Cl)cn1)C2. The first-order chi connectivity index (χ1) is 8.24. The number of nitrogens with two attached hydrogens (primary N) is 1. The maximum atomic E-state index is 5.97. The van der Waals surface area contributed by atoms with Crippen molar-refractivity contribution in [1.29, 1.82) is 0 Å². The number of fused-ring (bicyclic) bond motifs is 1. The maximum absolute atomic E-state index is 5.97. The lowest BCUT2D eigenvalue weighted by Crippen LogP contribution is -2.15. The van der Waals surface area contributed by atoms with Crippen LogP contribution in [0.2, 0.25) is 5.02 Å². The first-order valence-electron chi connectivity index (χ1n) is 5.47. The van der Waals surface area contributed by atoms with E-state index in [4.69, 9.17) is 17.3 Å². The predicted octanol–water partition coefficient (Wildman–Crippen LogP) is 2.84. The van der Waals surface area contributed by atoms with Crippen molar-refractivity contribution in [2.45, 2.75) is 13.1 Å². The van der Waals surface area contributed by atoms with E-state index in [1.165, 1.54) is 11.1 Å². The van der Waals surface area contributed by atoms with E-state index in [1.807, 2.05) is 24.3 Å². The summed E-state index contributed by atoms with van der Waals surface area (Å²) in [7, 11) is 0. The van der Waals surface area contributed by atoms with Gasteiger partial charge in [-0.25, -0.2) is 4.98 Å². The van der Waals surface area contributed by atoms with Crippen LogP contribution in [0.5, 0.6) is 0 Å². The van der Waals surface area contributed by atoms with Crippen molar-refractivity contribution in [1.82, 2.24) is 4.98 Å². The Morgan fingerprint density at radius 1 is 1.18 bits per heavy atom. The molecule has 2 N–H and O–H groups in total. The summed E-state index contributed by atoms with van der Waals surface area (Å²) in [5.74, 6) is 0.935. The number of nitrogen functional groups attached to an aromatic ring is 1. The third kappa shape index (κ3) is 1.83. The Bertz CT molecular complexity index is 551. The molecule has 1 aromatic heterocycles. The van der Waals surface area contributed by atoms with Crippen molar-refractivity contribution in [3.05, 3.63) is 52.7 Å². The molecular weight excluding hydrogens is 234 g/mol. The van der Waals surface area contributed by atoms with E-state index in [0.717, 1.165) is 24.6 Å². The molecule has 0 unspecified atom stereocenters. The quantitative estimate of drug-likeness (QED) is 0.786. The second kappa shape index (κ2) is 3.93. The Morgan fingerprint density at radius 2 is 2.06 bits per heavy atom. The van der Waals surface area contributed by atoms with Gasteiger partial charge in [-0.15, -0.1) is 0 Å². The third-order valence-corrected chi connectivity index (χ3v) is 3.28. The molecule has 0 atom stereocenters. The molecule has 0 fully saturated rings.